The summed E-state index contributed by atoms with van der Waals surface area (Å²) in [5.41, 5.74) is 2.48. The van der Waals surface area contributed by atoms with Gasteiger partial charge in [-0.25, -0.2) is 13.4 Å². The zero-order valence-electron chi connectivity index (χ0n) is 7.83. The summed E-state index contributed by atoms with van der Waals surface area (Å²) in [7, 11) is -3.30. The second-order valence-electron chi connectivity index (χ2n) is 3.10. The molecule has 1 aromatic rings. The number of rotatable bonds is 3. The lowest BCUT2D eigenvalue weighted by molar-refractivity contribution is 0.195. The molecule has 0 fully saturated rings. The molecule has 0 bridgehead atoms. The summed E-state index contributed by atoms with van der Waals surface area (Å²) in [5, 5.41) is 0. The highest BCUT2D eigenvalue weighted by Crippen LogP contribution is 2.12. The molecule has 0 spiro atoms. The Hall–Kier alpha value is -1.40. The lowest BCUT2D eigenvalue weighted by Gasteiger charge is -2.07. The van der Waals surface area contributed by atoms with Crippen LogP contribution in [0.25, 0.3) is 0 Å². The van der Waals surface area contributed by atoms with E-state index in [1.54, 1.807) is 30.3 Å². The highest BCUT2D eigenvalue weighted by atomic mass is 32.2. The van der Waals surface area contributed by atoms with Crippen LogP contribution >= 0.6 is 0 Å². The van der Waals surface area contributed by atoms with E-state index in [-0.39, 0.29) is 5.75 Å². The zero-order valence-corrected chi connectivity index (χ0v) is 8.65. The molecule has 1 N–H and O–H groups in total. The van der Waals surface area contributed by atoms with Crippen LogP contribution in [0.1, 0.15) is 0 Å². The Kier molecular flexibility index (Phi) is 2.70. The minimum absolute atomic E-state index is 0.104. The van der Waals surface area contributed by atoms with Crippen molar-refractivity contribution in [1.82, 2.24) is 5.48 Å². The van der Waals surface area contributed by atoms with E-state index in [9.17, 15) is 8.42 Å². The van der Waals surface area contributed by atoms with Crippen LogP contribution in [0.15, 0.2) is 40.2 Å². The predicted octanol–water partition coefficient (Wildman–Crippen LogP) is 0.349. The first-order valence-corrected chi connectivity index (χ1v) is 6.04. The van der Waals surface area contributed by atoms with Crippen molar-refractivity contribution < 1.29 is 13.3 Å². The number of aliphatic imine (C=N–C) groups is 1. The average Bonchev–Trinajstić information content (AvgIpc) is 2.71. The van der Waals surface area contributed by atoms with Gasteiger partial charge in [0, 0.05) is 0 Å². The summed E-state index contributed by atoms with van der Waals surface area (Å²) in [6, 6.07) is 8.28. The van der Waals surface area contributed by atoms with Crippen LogP contribution in [-0.4, -0.2) is 26.7 Å². The van der Waals surface area contributed by atoms with Gasteiger partial charge in [-0.05, 0) is 12.1 Å². The molecule has 0 saturated heterocycles. The lowest BCUT2D eigenvalue weighted by atomic mass is 10.4. The summed E-state index contributed by atoms with van der Waals surface area (Å²) >= 11 is 0. The van der Waals surface area contributed by atoms with E-state index in [4.69, 9.17) is 0 Å². The van der Waals surface area contributed by atoms with Crippen molar-refractivity contribution in [2.45, 2.75) is 11.1 Å². The highest BCUT2D eigenvalue weighted by molar-refractivity contribution is 7.91. The van der Waals surface area contributed by atoms with Crippen LogP contribution in [0.2, 0.25) is 0 Å². The molecule has 15 heavy (non-hydrogen) atoms. The molecule has 1 atom stereocenters. The Morgan fingerprint density at radius 3 is 2.67 bits per heavy atom. The van der Waals surface area contributed by atoms with Gasteiger partial charge in [-0.3, -0.25) is 0 Å². The molecule has 6 heteroatoms. The Morgan fingerprint density at radius 1 is 1.33 bits per heavy atom. The number of nitrogens with one attached hydrogen (secondary N) is 1. The molecule has 1 aliphatic rings. The second kappa shape index (κ2) is 4.00. The summed E-state index contributed by atoms with van der Waals surface area (Å²) < 4.78 is 23.6. The number of sulfone groups is 1. The maximum absolute atomic E-state index is 11.8. The summed E-state index contributed by atoms with van der Waals surface area (Å²) in [6.07, 6.45) is 0.681. The van der Waals surface area contributed by atoms with E-state index in [0.29, 0.717) is 4.90 Å². The van der Waals surface area contributed by atoms with E-state index < -0.39 is 16.0 Å². The molecule has 80 valence electrons. The van der Waals surface area contributed by atoms with E-state index >= 15 is 0 Å². The number of benzene rings is 1. The van der Waals surface area contributed by atoms with Crippen molar-refractivity contribution in [1.29, 1.82) is 0 Å². The molecule has 1 aliphatic heterocycles. The smallest absolute Gasteiger partial charge is 0.198 e. The minimum atomic E-state index is -3.30. The van der Waals surface area contributed by atoms with Gasteiger partial charge in [-0.2, -0.15) is 0 Å². The van der Waals surface area contributed by atoms with E-state index in [1.807, 2.05) is 0 Å². The largest absolute Gasteiger partial charge is 0.395 e. The molecule has 2 rings (SSSR count). The molecule has 1 unspecified atom stereocenters. The fraction of sp³-hybridized carbons (Fsp3) is 0.222. The first-order valence-electron chi connectivity index (χ1n) is 4.39. The Bertz CT molecular complexity index is 456. The normalized spacial score (nSPS) is 20.1. The lowest BCUT2D eigenvalue weighted by Crippen LogP contribution is -2.29. The molecular formula is C9H10N2O3S. The van der Waals surface area contributed by atoms with Gasteiger partial charge in [0.25, 0.3) is 0 Å². The highest BCUT2D eigenvalue weighted by Gasteiger charge is 2.22. The predicted molar refractivity (Wildman–Crippen MR) is 55.0 cm³/mol. The molecule has 5 nitrogen and oxygen atoms in total. The molecule has 0 aliphatic carbocycles. The Labute approximate surface area is 87.7 Å². The SMILES string of the molecule is O=S(=O)(CC1N=CON1)c1ccccc1. The topological polar surface area (TPSA) is 67.8 Å². The zero-order chi connectivity index (χ0) is 10.7. The third-order valence-electron chi connectivity index (χ3n) is 1.98. The van der Waals surface area contributed by atoms with Crippen molar-refractivity contribution in [3.05, 3.63) is 30.3 Å². The van der Waals surface area contributed by atoms with Crippen molar-refractivity contribution >= 4 is 16.2 Å². The fourth-order valence-electron chi connectivity index (χ4n) is 1.25. The third kappa shape index (κ3) is 2.34. The molecule has 1 heterocycles. The second-order valence-corrected chi connectivity index (χ2v) is 5.13. The van der Waals surface area contributed by atoms with Crippen LogP contribution in [0, 0.1) is 0 Å². The maximum Gasteiger partial charge on any atom is 0.198 e. The van der Waals surface area contributed by atoms with Crippen molar-refractivity contribution in [3.63, 3.8) is 0 Å². The molecule has 1 aromatic carbocycles. The van der Waals surface area contributed by atoms with Gasteiger partial charge < -0.3 is 4.84 Å². The minimum Gasteiger partial charge on any atom is -0.395 e. The van der Waals surface area contributed by atoms with Gasteiger partial charge in [0.1, 0.15) is 0 Å². The summed E-state index contributed by atoms with van der Waals surface area (Å²) in [5.74, 6) is -0.104. The van der Waals surface area contributed by atoms with Gasteiger partial charge in [0.05, 0.1) is 10.6 Å². The standard InChI is InChI=1S/C9H10N2O3S/c12-15(13,6-9-10-7-14-11-9)8-4-2-1-3-5-8/h1-5,7,9,11H,6H2. The fourth-order valence-corrected chi connectivity index (χ4v) is 2.59. The van der Waals surface area contributed by atoms with Crippen LogP contribution in [0.5, 0.6) is 0 Å². The Morgan fingerprint density at radius 2 is 2.07 bits per heavy atom. The summed E-state index contributed by atoms with van der Waals surface area (Å²) in [6.45, 7) is 0. The molecular weight excluding hydrogens is 216 g/mol. The first-order chi connectivity index (χ1) is 7.18. The van der Waals surface area contributed by atoms with E-state index in [1.165, 1.54) is 6.40 Å². The van der Waals surface area contributed by atoms with Crippen LogP contribution < -0.4 is 5.48 Å². The van der Waals surface area contributed by atoms with Gasteiger partial charge >= 0.3 is 0 Å². The third-order valence-corrected chi connectivity index (χ3v) is 3.72. The monoisotopic (exact) mass is 226 g/mol. The average molecular weight is 226 g/mol. The molecule has 0 amide bonds. The maximum atomic E-state index is 11.8. The quantitative estimate of drug-likeness (QED) is 0.807. The van der Waals surface area contributed by atoms with E-state index in [0.717, 1.165) is 0 Å². The van der Waals surface area contributed by atoms with Gasteiger partial charge in [-0.1, -0.05) is 18.2 Å². The van der Waals surface area contributed by atoms with Gasteiger partial charge in [-0.15, -0.1) is 5.48 Å². The van der Waals surface area contributed by atoms with Crippen LogP contribution in [0.4, 0.5) is 0 Å². The van der Waals surface area contributed by atoms with Gasteiger partial charge in [0.2, 0.25) is 0 Å². The van der Waals surface area contributed by atoms with Crippen molar-refractivity contribution in [3.8, 4) is 0 Å². The van der Waals surface area contributed by atoms with Crippen LogP contribution in [-0.2, 0) is 14.7 Å². The van der Waals surface area contributed by atoms with E-state index in [2.05, 4.69) is 15.3 Å². The number of hydrogen-bond acceptors (Lipinski definition) is 5. The molecule has 0 aromatic heterocycles. The molecule has 0 saturated carbocycles. The van der Waals surface area contributed by atoms with Crippen molar-refractivity contribution in [2.75, 3.05) is 5.75 Å². The van der Waals surface area contributed by atoms with Gasteiger partial charge in [0.15, 0.2) is 22.4 Å². The van der Waals surface area contributed by atoms with Crippen molar-refractivity contribution in [2.24, 2.45) is 4.99 Å². The molecule has 0 radical (unpaired) electrons. The number of nitrogens with zero attached hydrogens (tertiary/aromatic N) is 1. The Balaban J connectivity index is 2.17. The van der Waals surface area contributed by atoms with Crippen LogP contribution in [0.3, 0.4) is 0 Å². The summed E-state index contributed by atoms with van der Waals surface area (Å²) in [4.78, 5) is 8.74. The number of hydroxylamine groups is 1. The first kappa shape index (κ1) is 10.1. The number of hydrogen-bond donors (Lipinski definition) is 1.